The number of thiazole rings is 1. The van der Waals surface area contributed by atoms with Gasteiger partial charge in [-0.3, -0.25) is 9.69 Å². The maximum atomic E-state index is 13.3. The third-order valence-corrected chi connectivity index (χ3v) is 5.88. The molecule has 0 aliphatic rings. The first-order valence-electron chi connectivity index (χ1n) is 9.20. The van der Waals surface area contributed by atoms with E-state index in [1.54, 1.807) is 11.3 Å². The van der Waals surface area contributed by atoms with E-state index in [0.717, 1.165) is 46.1 Å². The smallest absolute Gasteiger partial charge is 0.260 e. The van der Waals surface area contributed by atoms with Crippen LogP contribution in [-0.2, 0) is 0 Å². The van der Waals surface area contributed by atoms with Crippen molar-refractivity contribution in [1.29, 1.82) is 0 Å². The van der Waals surface area contributed by atoms with Crippen molar-refractivity contribution in [3.8, 4) is 0 Å². The van der Waals surface area contributed by atoms with E-state index in [1.807, 2.05) is 54.3 Å². The van der Waals surface area contributed by atoms with Gasteiger partial charge in [0, 0.05) is 5.56 Å². The molecule has 4 nitrogen and oxygen atoms in total. The lowest BCUT2D eigenvalue weighted by Gasteiger charge is -2.23. The number of nitrogens with zero attached hydrogens (tertiary/aromatic N) is 2. The average Bonchev–Trinajstić information content (AvgIpc) is 3.09. The number of carbonyl (C=O) groups excluding carboxylic acids is 1. The molecule has 0 saturated carbocycles. The number of aromatic nitrogens is 1. The lowest BCUT2D eigenvalue weighted by atomic mass is 10.1. The molecule has 0 saturated heterocycles. The monoisotopic (exact) mass is 368 g/mol. The maximum absolute atomic E-state index is 13.3. The first-order valence-corrected chi connectivity index (χ1v) is 10.0. The van der Waals surface area contributed by atoms with Crippen molar-refractivity contribution in [2.45, 2.75) is 20.8 Å². The molecule has 1 aromatic heterocycles. The van der Waals surface area contributed by atoms with E-state index in [9.17, 15) is 4.79 Å². The Morgan fingerprint density at radius 2 is 1.77 bits per heavy atom. The van der Waals surface area contributed by atoms with Crippen LogP contribution in [-0.4, -0.2) is 37.1 Å². The SMILES string of the molecule is CC[NH+](CC)CCN(C(=O)c1ccccc1C)c1nc2ccccc2s1. The number of hydrogen-bond donors (Lipinski definition) is 1. The standard InChI is InChI=1S/C21H25N3OS/c1-4-23(5-2)14-15-24(20(25)17-11-7-6-10-16(17)3)21-22-18-12-8-9-13-19(18)26-21/h6-13H,4-5,14-15H2,1-3H3/p+1. The number of quaternary nitrogens is 1. The van der Waals surface area contributed by atoms with Crippen LogP contribution in [0.5, 0.6) is 0 Å². The Labute approximate surface area is 159 Å². The van der Waals surface area contributed by atoms with Crippen LogP contribution in [0.25, 0.3) is 10.2 Å². The van der Waals surface area contributed by atoms with Crippen molar-refractivity contribution >= 4 is 32.6 Å². The van der Waals surface area contributed by atoms with E-state index < -0.39 is 0 Å². The Bertz CT molecular complexity index is 853. The molecule has 0 unspecified atom stereocenters. The number of aryl methyl sites for hydroxylation is 1. The quantitative estimate of drug-likeness (QED) is 0.695. The van der Waals surface area contributed by atoms with Gasteiger partial charge in [-0.1, -0.05) is 41.7 Å². The number of para-hydroxylation sites is 1. The minimum atomic E-state index is 0.0358. The maximum Gasteiger partial charge on any atom is 0.260 e. The predicted octanol–water partition coefficient (Wildman–Crippen LogP) is 3.18. The van der Waals surface area contributed by atoms with E-state index in [4.69, 9.17) is 4.98 Å². The normalized spacial score (nSPS) is 11.2. The second-order valence-corrected chi connectivity index (χ2v) is 7.45. The van der Waals surface area contributed by atoms with Crippen LogP contribution >= 0.6 is 11.3 Å². The molecule has 3 rings (SSSR count). The van der Waals surface area contributed by atoms with Gasteiger partial charge in [0.2, 0.25) is 0 Å². The van der Waals surface area contributed by atoms with Gasteiger partial charge in [-0.15, -0.1) is 0 Å². The third kappa shape index (κ3) is 3.94. The topological polar surface area (TPSA) is 37.6 Å². The Hall–Kier alpha value is -2.24. The van der Waals surface area contributed by atoms with Gasteiger partial charge in [-0.25, -0.2) is 4.98 Å². The molecule has 1 heterocycles. The molecular weight excluding hydrogens is 342 g/mol. The highest BCUT2D eigenvalue weighted by Crippen LogP contribution is 2.29. The highest BCUT2D eigenvalue weighted by atomic mass is 32.1. The van der Waals surface area contributed by atoms with Crippen LogP contribution in [0, 0.1) is 6.92 Å². The van der Waals surface area contributed by atoms with Crippen molar-refractivity contribution in [3.63, 3.8) is 0 Å². The van der Waals surface area contributed by atoms with E-state index in [-0.39, 0.29) is 5.91 Å². The molecule has 0 aliphatic carbocycles. The number of anilines is 1. The van der Waals surface area contributed by atoms with Crippen molar-refractivity contribution in [2.75, 3.05) is 31.1 Å². The molecule has 0 fully saturated rings. The molecule has 26 heavy (non-hydrogen) atoms. The van der Waals surface area contributed by atoms with Gasteiger partial charge in [0.1, 0.15) is 0 Å². The molecule has 1 N–H and O–H groups in total. The Balaban J connectivity index is 1.95. The van der Waals surface area contributed by atoms with Gasteiger partial charge in [0.05, 0.1) is 36.4 Å². The largest absolute Gasteiger partial charge is 0.334 e. The summed E-state index contributed by atoms with van der Waals surface area (Å²) >= 11 is 1.59. The Morgan fingerprint density at radius 3 is 2.46 bits per heavy atom. The fraction of sp³-hybridized carbons (Fsp3) is 0.333. The molecule has 0 bridgehead atoms. The number of amides is 1. The zero-order valence-electron chi connectivity index (χ0n) is 15.7. The van der Waals surface area contributed by atoms with Crippen molar-refractivity contribution in [1.82, 2.24) is 4.98 Å². The van der Waals surface area contributed by atoms with Crippen LogP contribution < -0.4 is 9.80 Å². The van der Waals surface area contributed by atoms with E-state index in [1.165, 1.54) is 4.90 Å². The average molecular weight is 369 g/mol. The van der Waals surface area contributed by atoms with E-state index in [2.05, 4.69) is 19.9 Å². The summed E-state index contributed by atoms with van der Waals surface area (Å²) in [7, 11) is 0. The first-order chi connectivity index (χ1) is 12.6. The van der Waals surface area contributed by atoms with Gasteiger partial charge in [-0.05, 0) is 44.5 Å². The number of rotatable bonds is 7. The molecular formula is C21H26N3OS+. The van der Waals surface area contributed by atoms with E-state index in [0.29, 0.717) is 6.54 Å². The molecule has 0 aliphatic heterocycles. The van der Waals surface area contributed by atoms with Gasteiger partial charge in [-0.2, -0.15) is 0 Å². The number of carbonyl (C=O) groups is 1. The van der Waals surface area contributed by atoms with Gasteiger partial charge < -0.3 is 4.90 Å². The summed E-state index contributed by atoms with van der Waals surface area (Å²) in [5.41, 5.74) is 2.70. The summed E-state index contributed by atoms with van der Waals surface area (Å²) in [6, 6.07) is 15.8. The minimum Gasteiger partial charge on any atom is -0.334 e. The highest BCUT2D eigenvalue weighted by Gasteiger charge is 2.23. The minimum absolute atomic E-state index is 0.0358. The van der Waals surface area contributed by atoms with Crippen LogP contribution in [0.2, 0.25) is 0 Å². The van der Waals surface area contributed by atoms with Crippen molar-refractivity contribution in [3.05, 3.63) is 59.7 Å². The number of fused-ring (bicyclic) bond motifs is 1. The summed E-state index contributed by atoms with van der Waals surface area (Å²) in [5, 5.41) is 0.783. The van der Waals surface area contributed by atoms with Gasteiger partial charge in [0.15, 0.2) is 5.13 Å². The highest BCUT2D eigenvalue weighted by molar-refractivity contribution is 7.22. The third-order valence-electron chi connectivity index (χ3n) is 4.82. The molecule has 3 aromatic rings. The second-order valence-electron chi connectivity index (χ2n) is 6.44. The van der Waals surface area contributed by atoms with Gasteiger partial charge in [0.25, 0.3) is 5.91 Å². The molecule has 2 aromatic carbocycles. The lowest BCUT2D eigenvalue weighted by molar-refractivity contribution is -0.894. The number of nitrogens with one attached hydrogen (secondary N) is 1. The first kappa shape index (κ1) is 18.5. The predicted molar refractivity (Wildman–Crippen MR) is 109 cm³/mol. The number of likely N-dealkylation sites (N-methyl/N-ethyl adjacent to an activating group) is 1. The lowest BCUT2D eigenvalue weighted by Crippen LogP contribution is -3.12. The number of hydrogen-bond acceptors (Lipinski definition) is 3. The second kappa shape index (κ2) is 8.43. The van der Waals surface area contributed by atoms with Crippen LogP contribution in [0.1, 0.15) is 29.8 Å². The van der Waals surface area contributed by atoms with Crippen molar-refractivity contribution in [2.24, 2.45) is 0 Å². The summed E-state index contributed by atoms with van der Waals surface area (Å²) in [6.45, 7) is 10.1. The molecule has 136 valence electrons. The molecule has 0 atom stereocenters. The zero-order valence-corrected chi connectivity index (χ0v) is 16.5. The summed E-state index contributed by atoms with van der Waals surface area (Å²) < 4.78 is 1.11. The number of benzene rings is 2. The van der Waals surface area contributed by atoms with Crippen LogP contribution in [0.15, 0.2) is 48.5 Å². The summed E-state index contributed by atoms with van der Waals surface area (Å²) in [4.78, 5) is 21.4. The Morgan fingerprint density at radius 1 is 1.08 bits per heavy atom. The summed E-state index contributed by atoms with van der Waals surface area (Å²) in [5.74, 6) is 0.0358. The molecule has 5 heteroatoms. The Kier molecular flexibility index (Phi) is 6.01. The fourth-order valence-corrected chi connectivity index (χ4v) is 4.08. The molecule has 1 amide bonds. The fourth-order valence-electron chi connectivity index (χ4n) is 3.09. The molecule has 0 spiro atoms. The van der Waals surface area contributed by atoms with Crippen LogP contribution in [0.4, 0.5) is 5.13 Å². The van der Waals surface area contributed by atoms with Gasteiger partial charge >= 0.3 is 0 Å². The van der Waals surface area contributed by atoms with Crippen LogP contribution in [0.3, 0.4) is 0 Å². The van der Waals surface area contributed by atoms with E-state index >= 15 is 0 Å². The summed E-state index contributed by atoms with van der Waals surface area (Å²) in [6.07, 6.45) is 0. The van der Waals surface area contributed by atoms with Crippen molar-refractivity contribution < 1.29 is 9.69 Å². The zero-order chi connectivity index (χ0) is 18.5. The molecule has 0 radical (unpaired) electrons.